The molecule has 1 heterocycles. The maximum atomic E-state index is 13.2. The average molecular weight is 431 g/mol. The van der Waals surface area contributed by atoms with Gasteiger partial charge >= 0.3 is 0 Å². The molecule has 0 unspecified atom stereocenters. The highest BCUT2D eigenvalue weighted by molar-refractivity contribution is 7.89. The molecule has 2 aromatic carbocycles. The second-order valence-corrected chi connectivity index (χ2v) is 9.98. The molecule has 1 amide bonds. The first-order valence-electron chi connectivity index (χ1n) is 10.4. The lowest BCUT2D eigenvalue weighted by Crippen LogP contribution is -2.31. The van der Waals surface area contributed by atoms with Crippen molar-refractivity contribution in [1.82, 2.24) is 9.62 Å². The molecule has 0 aromatic heterocycles. The number of nitrogens with zero attached hydrogens (tertiary/aromatic N) is 1. The summed E-state index contributed by atoms with van der Waals surface area (Å²) in [4.78, 5) is 13.3. The van der Waals surface area contributed by atoms with Crippen molar-refractivity contribution in [2.75, 3.05) is 20.2 Å². The average Bonchev–Trinajstić information content (AvgIpc) is 3.29. The van der Waals surface area contributed by atoms with Crippen LogP contribution in [0.4, 0.5) is 0 Å². The van der Waals surface area contributed by atoms with Gasteiger partial charge in [0.05, 0.1) is 23.6 Å². The van der Waals surface area contributed by atoms with Crippen molar-refractivity contribution >= 4 is 15.9 Å². The van der Waals surface area contributed by atoms with Gasteiger partial charge in [-0.05, 0) is 48.9 Å². The lowest BCUT2D eigenvalue weighted by Gasteiger charge is -2.22. The third-order valence-corrected chi connectivity index (χ3v) is 7.23. The molecule has 1 aliphatic rings. The van der Waals surface area contributed by atoms with E-state index >= 15 is 0 Å². The van der Waals surface area contributed by atoms with Crippen molar-refractivity contribution in [3.8, 4) is 5.75 Å². The van der Waals surface area contributed by atoms with Crippen molar-refractivity contribution in [2.24, 2.45) is 5.92 Å². The molecule has 0 bridgehead atoms. The zero-order chi connectivity index (χ0) is 21.7. The lowest BCUT2D eigenvalue weighted by atomic mass is 9.96. The Morgan fingerprint density at radius 1 is 1.10 bits per heavy atom. The Morgan fingerprint density at radius 3 is 2.37 bits per heavy atom. The third-order valence-electron chi connectivity index (χ3n) is 5.33. The topological polar surface area (TPSA) is 75.7 Å². The number of carbonyl (C=O) groups is 1. The van der Waals surface area contributed by atoms with Gasteiger partial charge in [0.1, 0.15) is 5.75 Å². The Hall–Kier alpha value is -2.38. The van der Waals surface area contributed by atoms with Gasteiger partial charge in [0.15, 0.2) is 0 Å². The standard InChI is InChI=1S/C23H30N2O4S/c1-17(2)15-21(18-9-5-4-6-10-18)24-23(26)20-16-19(11-12-22(20)29-3)30(27,28)25-13-7-8-14-25/h4-6,9-12,16-17,21H,7-8,13-15H2,1-3H3,(H,24,26)/t21-/m0/s1. The Bertz CT molecular complexity index is 968. The van der Waals surface area contributed by atoms with E-state index in [1.807, 2.05) is 30.3 Å². The van der Waals surface area contributed by atoms with Crippen LogP contribution in [0, 0.1) is 5.92 Å². The number of carbonyl (C=O) groups excluding carboxylic acids is 1. The highest BCUT2D eigenvalue weighted by atomic mass is 32.2. The van der Waals surface area contributed by atoms with Crippen LogP contribution < -0.4 is 10.1 Å². The minimum absolute atomic E-state index is 0.121. The number of amides is 1. The van der Waals surface area contributed by atoms with Crippen LogP contribution in [-0.2, 0) is 10.0 Å². The van der Waals surface area contributed by atoms with Crippen molar-refractivity contribution < 1.29 is 17.9 Å². The lowest BCUT2D eigenvalue weighted by molar-refractivity contribution is 0.0928. The fraction of sp³-hybridized carbons (Fsp3) is 0.435. The van der Waals surface area contributed by atoms with Gasteiger partial charge in [-0.2, -0.15) is 4.31 Å². The summed E-state index contributed by atoms with van der Waals surface area (Å²) >= 11 is 0. The first-order chi connectivity index (χ1) is 14.3. The van der Waals surface area contributed by atoms with Crippen LogP contribution in [0.15, 0.2) is 53.4 Å². The molecule has 1 atom stereocenters. The van der Waals surface area contributed by atoms with Crippen LogP contribution in [0.25, 0.3) is 0 Å². The summed E-state index contributed by atoms with van der Waals surface area (Å²) in [5.74, 6) is 0.378. The highest BCUT2D eigenvalue weighted by Gasteiger charge is 2.29. The van der Waals surface area contributed by atoms with Crippen LogP contribution in [0.3, 0.4) is 0 Å². The van der Waals surface area contributed by atoms with Crippen molar-refractivity contribution in [1.29, 1.82) is 0 Å². The fourth-order valence-corrected chi connectivity index (χ4v) is 5.32. The van der Waals surface area contributed by atoms with Crippen molar-refractivity contribution in [3.05, 3.63) is 59.7 Å². The molecule has 0 aliphatic carbocycles. The Kier molecular flexibility index (Phi) is 7.15. The van der Waals surface area contributed by atoms with Crippen LogP contribution in [0.2, 0.25) is 0 Å². The van der Waals surface area contributed by atoms with E-state index in [1.165, 1.54) is 23.5 Å². The van der Waals surface area contributed by atoms with Gasteiger partial charge in [-0.15, -0.1) is 0 Å². The molecule has 1 fully saturated rings. The summed E-state index contributed by atoms with van der Waals surface area (Å²) in [5.41, 5.74) is 1.24. The van der Waals surface area contributed by atoms with Gasteiger partial charge in [0.2, 0.25) is 10.0 Å². The molecule has 7 heteroatoms. The molecule has 0 saturated carbocycles. The smallest absolute Gasteiger partial charge is 0.255 e. The van der Waals surface area contributed by atoms with Gasteiger partial charge in [-0.1, -0.05) is 44.2 Å². The highest BCUT2D eigenvalue weighted by Crippen LogP contribution is 2.28. The maximum absolute atomic E-state index is 13.2. The molecule has 0 spiro atoms. The minimum atomic E-state index is -3.62. The van der Waals surface area contributed by atoms with Crippen LogP contribution in [0.1, 0.15) is 55.1 Å². The van der Waals surface area contributed by atoms with Crippen LogP contribution in [-0.4, -0.2) is 38.8 Å². The number of hydrogen-bond donors (Lipinski definition) is 1. The number of sulfonamides is 1. The minimum Gasteiger partial charge on any atom is -0.496 e. The number of hydrogen-bond acceptors (Lipinski definition) is 4. The Labute approximate surface area is 179 Å². The summed E-state index contributed by atoms with van der Waals surface area (Å²) in [6, 6.07) is 14.1. The van der Waals surface area contributed by atoms with Crippen LogP contribution in [0.5, 0.6) is 5.75 Å². The number of ether oxygens (including phenoxy) is 1. The summed E-state index contributed by atoms with van der Waals surface area (Å²) in [6.07, 6.45) is 2.48. The molecule has 162 valence electrons. The second kappa shape index (κ2) is 9.62. The molecule has 3 rings (SSSR count). The third kappa shape index (κ3) is 5.02. The van der Waals surface area contributed by atoms with Gasteiger partial charge in [-0.3, -0.25) is 4.79 Å². The van der Waals surface area contributed by atoms with Gasteiger partial charge < -0.3 is 10.1 Å². The normalized spacial score (nSPS) is 15.9. The number of nitrogens with one attached hydrogen (secondary N) is 1. The molecule has 2 aromatic rings. The number of rotatable bonds is 8. The van der Waals surface area contributed by atoms with Gasteiger partial charge in [0, 0.05) is 13.1 Å². The largest absolute Gasteiger partial charge is 0.496 e. The van der Waals surface area contributed by atoms with Crippen molar-refractivity contribution in [2.45, 2.75) is 44.0 Å². The van der Waals surface area contributed by atoms with E-state index in [-0.39, 0.29) is 22.4 Å². The van der Waals surface area contributed by atoms with E-state index in [1.54, 1.807) is 6.07 Å². The molecular weight excluding hydrogens is 400 g/mol. The number of methoxy groups -OCH3 is 1. The summed E-state index contributed by atoms with van der Waals surface area (Å²) in [6.45, 7) is 5.23. The molecule has 6 nitrogen and oxygen atoms in total. The zero-order valence-electron chi connectivity index (χ0n) is 17.8. The molecular formula is C23H30N2O4S. The summed E-state index contributed by atoms with van der Waals surface area (Å²) in [7, 11) is -2.15. The Morgan fingerprint density at radius 2 is 1.77 bits per heavy atom. The predicted octanol–water partition coefficient (Wildman–Crippen LogP) is 4.00. The fourth-order valence-electron chi connectivity index (χ4n) is 3.77. The summed E-state index contributed by atoms with van der Waals surface area (Å²) in [5, 5.41) is 3.08. The maximum Gasteiger partial charge on any atom is 0.255 e. The SMILES string of the molecule is COc1ccc(S(=O)(=O)N2CCCC2)cc1C(=O)N[C@@H](CC(C)C)c1ccccc1. The summed E-state index contributed by atoms with van der Waals surface area (Å²) < 4.78 is 32.7. The van der Waals surface area contributed by atoms with Gasteiger partial charge in [0.25, 0.3) is 5.91 Å². The predicted molar refractivity (Wildman–Crippen MR) is 117 cm³/mol. The molecule has 30 heavy (non-hydrogen) atoms. The van der Waals surface area contributed by atoms with E-state index in [0.29, 0.717) is 24.8 Å². The molecule has 0 radical (unpaired) electrons. The molecule has 1 saturated heterocycles. The second-order valence-electron chi connectivity index (χ2n) is 8.04. The zero-order valence-corrected chi connectivity index (χ0v) is 18.6. The van der Waals surface area contributed by atoms with Crippen LogP contribution >= 0.6 is 0 Å². The van der Waals surface area contributed by atoms with Crippen molar-refractivity contribution in [3.63, 3.8) is 0 Å². The first kappa shape index (κ1) is 22.3. The van der Waals surface area contributed by atoms with E-state index in [0.717, 1.165) is 24.8 Å². The number of benzene rings is 2. The van der Waals surface area contributed by atoms with Gasteiger partial charge in [-0.25, -0.2) is 8.42 Å². The first-order valence-corrected chi connectivity index (χ1v) is 11.8. The quantitative estimate of drug-likeness (QED) is 0.687. The Balaban J connectivity index is 1.91. The van der Waals surface area contributed by atoms with E-state index in [4.69, 9.17) is 4.74 Å². The van der Waals surface area contributed by atoms with E-state index < -0.39 is 10.0 Å². The monoisotopic (exact) mass is 430 g/mol. The molecule has 1 aliphatic heterocycles. The van der Waals surface area contributed by atoms with E-state index in [2.05, 4.69) is 19.2 Å². The molecule has 1 N–H and O–H groups in total. The van der Waals surface area contributed by atoms with E-state index in [9.17, 15) is 13.2 Å².